The molecule has 0 spiro atoms. The molecule has 1 heterocycles. The van der Waals surface area contributed by atoms with E-state index in [4.69, 9.17) is 4.74 Å². The molecule has 0 saturated carbocycles. The first-order chi connectivity index (χ1) is 9.83. The molecule has 0 bridgehead atoms. The molecule has 4 nitrogen and oxygen atoms in total. The van der Waals surface area contributed by atoms with Gasteiger partial charge in [-0.3, -0.25) is 4.90 Å². The Bertz CT molecular complexity index is 372. The van der Waals surface area contributed by atoms with Crippen molar-refractivity contribution in [3.63, 3.8) is 0 Å². The lowest BCUT2D eigenvalue weighted by Crippen LogP contribution is -2.46. The highest BCUT2D eigenvalue weighted by Gasteiger charge is 2.16. The van der Waals surface area contributed by atoms with Crippen LogP contribution in [-0.4, -0.2) is 57.8 Å². The summed E-state index contributed by atoms with van der Waals surface area (Å²) in [5.41, 5.74) is 1.30. The first kappa shape index (κ1) is 15.1. The van der Waals surface area contributed by atoms with E-state index in [1.165, 1.54) is 18.7 Å². The smallest absolute Gasteiger partial charge is 0.119 e. The standard InChI is InChI=1S/C16H27N3O/c1-3-17-9-4-10-18-11-13-19(14-12-18)15-5-7-16(20-2)8-6-15/h5-8,17H,3-4,9-14H2,1-2H3. The van der Waals surface area contributed by atoms with Crippen molar-refractivity contribution in [2.24, 2.45) is 0 Å². The number of ether oxygens (including phenoxy) is 1. The van der Waals surface area contributed by atoms with Crippen molar-refractivity contribution in [2.75, 3.05) is 57.8 Å². The van der Waals surface area contributed by atoms with E-state index in [0.29, 0.717) is 0 Å². The lowest BCUT2D eigenvalue weighted by atomic mass is 10.2. The highest BCUT2D eigenvalue weighted by Crippen LogP contribution is 2.20. The van der Waals surface area contributed by atoms with Crippen LogP contribution in [0.25, 0.3) is 0 Å². The molecule has 0 unspecified atom stereocenters. The molecule has 1 aliphatic heterocycles. The molecule has 0 radical (unpaired) electrons. The third-order valence-electron chi connectivity index (χ3n) is 3.89. The second-order valence-corrected chi connectivity index (χ2v) is 5.23. The lowest BCUT2D eigenvalue weighted by molar-refractivity contribution is 0.254. The monoisotopic (exact) mass is 277 g/mol. The van der Waals surface area contributed by atoms with Gasteiger partial charge in [0, 0.05) is 31.9 Å². The van der Waals surface area contributed by atoms with Crippen LogP contribution in [0.4, 0.5) is 5.69 Å². The first-order valence-electron chi connectivity index (χ1n) is 7.65. The van der Waals surface area contributed by atoms with Gasteiger partial charge in [0.1, 0.15) is 5.75 Å². The number of rotatable bonds is 7. The Morgan fingerprint density at radius 1 is 1.10 bits per heavy atom. The summed E-state index contributed by atoms with van der Waals surface area (Å²) in [6.07, 6.45) is 1.25. The summed E-state index contributed by atoms with van der Waals surface area (Å²) in [5, 5.41) is 3.38. The van der Waals surface area contributed by atoms with Crippen LogP contribution in [-0.2, 0) is 0 Å². The Hall–Kier alpha value is -1.26. The summed E-state index contributed by atoms with van der Waals surface area (Å²) in [6, 6.07) is 8.38. The molecule has 112 valence electrons. The van der Waals surface area contributed by atoms with Crippen molar-refractivity contribution in [1.82, 2.24) is 10.2 Å². The van der Waals surface area contributed by atoms with E-state index in [0.717, 1.165) is 45.0 Å². The second kappa shape index (κ2) is 8.12. The van der Waals surface area contributed by atoms with Gasteiger partial charge in [0.25, 0.3) is 0 Å². The fraction of sp³-hybridized carbons (Fsp3) is 0.625. The number of hydrogen-bond donors (Lipinski definition) is 1. The highest BCUT2D eigenvalue weighted by atomic mass is 16.5. The van der Waals surface area contributed by atoms with Crippen LogP contribution in [0, 0.1) is 0 Å². The van der Waals surface area contributed by atoms with Crippen LogP contribution in [0.15, 0.2) is 24.3 Å². The minimum absolute atomic E-state index is 0.927. The molecule has 0 aromatic heterocycles. The largest absolute Gasteiger partial charge is 0.497 e. The van der Waals surface area contributed by atoms with Crippen LogP contribution < -0.4 is 15.0 Å². The molecule has 1 aromatic carbocycles. The van der Waals surface area contributed by atoms with E-state index >= 15 is 0 Å². The van der Waals surface area contributed by atoms with Crippen molar-refractivity contribution < 1.29 is 4.74 Å². The molecular formula is C16H27N3O. The van der Waals surface area contributed by atoms with E-state index in [1.54, 1.807) is 7.11 Å². The van der Waals surface area contributed by atoms with E-state index in [9.17, 15) is 0 Å². The van der Waals surface area contributed by atoms with Crippen molar-refractivity contribution in [1.29, 1.82) is 0 Å². The Morgan fingerprint density at radius 2 is 1.80 bits per heavy atom. The molecular weight excluding hydrogens is 250 g/mol. The summed E-state index contributed by atoms with van der Waals surface area (Å²) in [6.45, 7) is 10.1. The van der Waals surface area contributed by atoms with Crippen LogP contribution in [0.2, 0.25) is 0 Å². The molecule has 1 aliphatic rings. The van der Waals surface area contributed by atoms with Crippen molar-refractivity contribution in [3.8, 4) is 5.75 Å². The normalized spacial score (nSPS) is 16.4. The molecule has 1 fully saturated rings. The van der Waals surface area contributed by atoms with Gasteiger partial charge in [-0.2, -0.15) is 0 Å². The molecule has 2 rings (SSSR count). The van der Waals surface area contributed by atoms with Gasteiger partial charge in [-0.05, 0) is 50.3 Å². The zero-order chi connectivity index (χ0) is 14.2. The maximum atomic E-state index is 5.21. The summed E-state index contributed by atoms with van der Waals surface area (Å²) >= 11 is 0. The molecule has 4 heteroatoms. The van der Waals surface area contributed by atoms with Gasteiger partial charge >= 0.3 is 0 Å². The zero-order valence-electron chi connectivity index (χ0n) is 12.8. The third kappa shape index (κ3) is 4.39. The van der Waals surface area contributed by atoms with Crippen molar-refractivity contribution in [3.05, 3.63) is 24.3 Å². The molecule has 1 N–H and O–H groups in total. The van der Waals surface area contributed by atoms with Crippen molar-refractivity contribution >= 4 is 5.69 Å². The third-order valence-corrected chi connectivity index (χ3v) is 3.89. The number of hydrogen-bond acceptors (Lipinski definition) is 4. The molecule has 0 atom stereocenters. The van der Waals surface area contributed by atoms with E-state index < -0.39 is 0 Å². The Kier molecular flexibility index (Phi) is 6.15. The summed E-state index contributed by atoms with van der Waals surface area (Å²) < 4.78 is 5.21. The lowest BCUT2D eigenvalue weighted by Gasteiger charge is -2.36. The first-order valence-corrected chi connectivity index (χ1v) is 7.65. The van der Waals surface area contributed by atoms with Gasteiger partial charge < -0.3 is 15.0 Å². The fourth-order valence-electron chi connectivity index (χ4n) is 2.63. The average molecular weight is 277 g/mol. The number of methoxy groups -OCH3 is 1. The van der Waals surface area contributed by atoms with E-state index in [2.05, 4.69) is 34.2 Å². The number of piperazine rings is 1. The van der Waals surface area contributed by atoms with Gasteiger partial charge in [0.15, 0.2) is 0 Å². The van der Waals surface area contributed by atoms with Crippen molar-refractivity contribution in [2.45, 2.75) is 13.3 Å². The molecule has 1 saturated heterocycles. The second-order valence-electron chi connectivity index (χ2n) is 5.23. The predicted octanol–water partition coefficient (Wildman–Crippen LogP) is 1.82. The number of anilines is 1. The summed E-state index contributed by atoms with van der Waals surface area (Å²) in [7, 11) is 1.71. The maximum Gasteiger partial charge on any atom is 0.119 e. The number of nitrogens with zero attached hydrogens (tertiary/aromatic N) is 2. The zero-order valence-corrected chi connectivity index (χ0v) is 12.8. The van der Waals surface area contributed by atoms with Crippen LogP contribution in [0.5, 0.6) is 5.75 Å². The number of benzene rings is 1. The van der Waals surface area contributed by atoms with Gasteiger partial charge in [-0.1, -0.05) is 6.92 Å². The Labute approximate surface area is 122 Å². The van der Waals surface area contributed by atoms with Crippen LogP contribution in [0.3, 0.4) is 0 Å². The molecule has 20 heavy (non-hydrogen) atoms. The van der Waals surface area contributed by atoms with Gasteiger partial charge in [0.05, 0.1) is 7.11 Å². The average Bonchev–Trinajstić information content (AvgIpc) is 2.52. The molecule has 1 aromatic rings. The fourth-order valence-corrected chi connectivity index (χ4v) is 2.63. The topological polar surface area (TPSA) is 27.7 Å². The Morgan fingerprint density at radius 3 is 2.40 bits per heavy atom. The minimum Gasteiger partial charge on any atom is -0.497 e. The van der Waals surface area contributed by atoms with Gasteiger partial charge in [-0.25, -0.2) is 0 Å². The van der Waals surface area contributed by atoms with Gasteiger partial charge in [0.2, 0.25) is 0 Å². The Balaban J connectivity index is 1.73. The summed E-state index contributed by atoms with van der Waals surface area (Å²) in [4.78, 5) is 5.03. The maximum absolute atomic E-state index is 5.21. The van der Waals surface area contributed by atoms with E-state index in [1.807, 2.05) is 12.1 Å². The van der Waals surface area contributed by atoms with Crippen LogP contribution in [0.1, 0.15) is 13.3 Å². The summed E-state index contributed by atoms with van der Waals surface area (Å²) in [5.74, 6) is 0.927. The highest BCUT2D eigenvalue weighted by molar-refractivity contribution is 5.49. The quantitative estimate of drug-likeness (QED) is 0.769. The predicted molar refractivity (Wildman–Crippen MR) is 84.8 cm³/mol. The van der Waals surface area contributed by atoms with Crippen LogP contribution >= 0.6 is 0 Å². The van der Waals surface area contributed by atoms with E-state index in [-0.39, 0.29) is 0 Å². The minimum atomic E-state index is 0.927. The van der Waals surface area contributed by atoms with Gasteiger partial charge in [-0.15, -0.1) is 0 Å². The SMILES string of the molecule is CCNCCCN1CCN(c2ccc(OC)cc2)CC1. The molecule has 0 amide bonds. The molecule has 0 aliphatic carbocycles. The number of nitrogens with one attached hydrogen (secondary N) is 1.